The molecule has 0 spiro atoms. The van der Waals surface area contributed by atoms with Gasteiger partial charge in [-0.25, -0.2) is 0 Å². The van der Waals surface area contributed by atoms with Gasteiger partial charge in [0.1, 0.15) is 12.4 Å². The van der Waals surface area contributed by atoms with Gasteiger partial charge in [-0.2, -0.15) is 13.2 Å². The van der Waals surface area contributed by atoms with Gasteiger partial charge in [0.05, 0.1) is 5.56 Å². The number of nitrogens with one attached hydrogen (secondary N) is 1. The summed E-state index contributed by atoms with van der Waals surface area (Å²) in [6, 6.07) is 30.8. The summed E-state index contributed by atoms with van der Waals surface area (Å²) < 4.78 is 43.7. The third-order valence-corrected chi connectivity index (χ3v) is 5.35. The molecule has 1 N–H and O–H groups in total. The quantitative estimate of drug-likeness (QED) is 0.294. The lowest BCUT2D eigenvalue weighted by molar-refractivity contribution is -0.137. The van der Waals surface area contributed by atoms with Crippen molar-refractivity contribution in [2.24, 2.45) is 0 Å². The van der Waals surface area contributed by atoms with E-state index >= 15 is 0 Å². The molecule has 0 aliphatic rings. The average molecular weight is 472 g/mol. The number of alkyl halides is 3. The van der Waals surface area contributed by atoms with E-state index in [1.54, 1.807) is 0 Å². The minimum atomic E-state index is -4.31. The summed E-state index contributed by atoms with van der Waals surface area (Å²) in [5, 5.41) is 3.25. The zero-order chi connectivity index (χ0) is 24.5. The van der Waals surface area contributed by atoms with E-state index in [0.29, 0.717) is 19.7 Å². The first-order valence-corrected chi connectivity index (χ1v) is 11.2. The molecule has 0 saturated heterocycles. The summed E-state index contributed by atoms with van der Waals surface area (Å²) in [5.74, 6) is 7.12. The maximum Gasteiger partial charge on any atom is 0.416 e. The number of rotatable bonds is 7. The van der Waals surface area contributed by atoms with Crippen molar-refractivity contribution in [3.63, 3.8) is 0 Å². The Morgan fingerprint density at radius 2 is 1.11 bits per heavy atom. The first kappa shape index (κ1) is 24.1. The fraction of sp³-hybridized carbons (Fsp3) is 0.133. The molecular weight excluding hydrogens is 447 g/mol. The molecule has 176 valence electrons. The number of halogens is 3. The van der Waals surface area contributed by atoms with E-state index in [1.165, 1.54) is 12.1 Å². The molecule has 4 aromatic rings. The molecule has 0 fully saturated rings. The van der Waals surface area contributed by atoms with Crippen LogP contribution in [0.15, 0.2) is 103 Å². The molecule has 4 aromatic carbocycles. The van der Waals surface area contributed by atoms with Crippen molar-refractivity contribution >= 4 is 0 Å². The molecule has 0 bridgehead atoms. The second kappa shape index (κ2) is 11.4. The van der Waals surface area contributed by atoms with Crippen LogP contribution in [-0.4, -0.2) is 0 Å². The summed E-state index contributed by atoms with van der Waals surface area (Å²) in [4.78, 5) is 0. The highest BCUT2D eigenvalue weighted by Gasteiger charge is 2.29. The van der Waals surface area contributed by atoms with Crippen LogP contribution in [0, 0.1) is 11.8 Å². The Morgan fingerprint density at radius 1 is 0.600 bits per heavy atom. The van der Waals surface area contributed by atoms with E-state index < -0.39 is 11.7 Å². The summed E-state index contributed by atoms with van der Waals surface area (Å²) in [6.07, 6.45) is -4.31. The molecule has 2 nitrogen and oxygen atoms in total. The third-order valence-electron chi connectivity index (χ3n) is 5.35. The molecule has 0 amide bonds. The van der Waals surface area contributed by atoms with Crippen molar-refractivity contribution < 1.29 is 17.9 Å². The van der Waals surface area contributed by atoms with Crippen molar-refractivity contribution in [3.8, 4) is 17.6 Å². The monoisotopic (exact) mass is 471 g/mol. The first-order valence-electron chi connectivity index (χ1n) is 11.2. The lowest BCUT2D eigenvalue weighted by atomic mass is 10.1. The van der Waals surface area contributed by atoms with Gasteiger partial charge < -0.3 is 10.1 Å². The molecule has 0 saturated carbocycles. The Kier molecular flexibility index (Phi) is 7.87. The number of benzene rings is 4. The van der Waals surface area contributed by atoms with E-state index in [9.17, 15) is 13.2 Å². The number of ether oxygens (including phenoxy) is 1. The lowest BCUT2D eigenvalue weighted by Crippen LogP contribution is -2.13. The van der Waals surface area contributed by atoms with Crippen LogP contribution in [0.25, 0.3) is 0 Å². The van der Waals surface area contributed by atoms with Gasteiger partial charge in [-0.05, 0) is 65.2 Å². The van der Waals surface area contributed by atoms with Crippen LogP contribution in [0.4, 0.5) is 13.2 Å². The molecule has 0 unspecified atom stereocenters. The summed E-state index contributed by atoms with van der Waals surface area (Å²) in [5.41, 5.74) is 4.17. The number of hydrogen-bond donors (Lipinski definition) is 1. The molecule has 0 radical (unpaired) electrons. The Balaban J connectivity index is 1.24. The van der Waals surface area contributed by atoms with Crippen molar-refractivity contribution in [1.29, 1.82) is 0 Å². The summed E-state index contributed by atoms with van der Waals surface area (Å²) in [7, 11) is 0. The fourth-order valence-corrected chi connectivity index (χ4v) is 3.39. The van der Waals surface area contributed by atoms with Crippen LogP contribution >= 0.6 is 0 Å². The molecule has 0 atom stereocenters. The molecule has 0 aromatic heterocycles. The Morgan fingerprint density at radius 3 is 1.66 bits per heavy atom. The molecule has 35 heavy (non-hydrogen) atoms. The van der Waals surface area contributed by atoms with Gasteiger partial charge in [0.2, 0.25) is 0 Å². The van der Waals surface area contributed by atoms with Crippen LogP contribution in [0.1, 0.15) is 33.4 Å². The lowest BCUT2D eigenvalue weighted by Gasteiger charge is -2.08. The van der Waals surface area contributed by atoms with Gasteiger partial charge in [0.25, 0.3) is 0 Å². The van der Waals surface area contributed by atoms with Gasteiger partial charge in [0.15, 0.2) is 0 Å². The summed E-state index contributed by atoms with van der Waals surface area (Å²) in [6.45, 7) is 1.63. The maximum absolute atomic E-state index is 12.6. The highest BCUT2D eigenvalue weighted by Crippen LogP contribution is 2.29. The van der Waals surface area contributed by atoms with Crippen molar-refractivity contribution in [2.45, 2.75) is 25.9 Å². The second-order valence-corrected chi connectivity index (χ2v) is 8.04. The largest absolute Gasteiger partial charge is 0.489 e. The van der Waals surface area contributed by atoms with E-state index in [1.807, 2.05) is 78.9 Å². The molecule has 0 aliphatic heterocycles. The fourth-order valence-electron chi connectivity index (χ4n) is 3.39. The SMILES string of the molecule is FC(F)(F)c1ccc(CNCc2ccc(C#Cc3ccc(OCc4ccccc4)cc3)cc2)cc1. The van der Waals surface area contributed by atoms with Gasteiger partial charge in [-0.3, -0.25) is 0 Å². The first-order chi connectivity index (χ1) is 17.0. The highest BCUT2D eigenvalue weighted by molar-refractivity contribution is 5.45. The van der Waals surface area contributed by atoms with Crippen molar-refractivity contribution in [3.05, 3.63) is 137 Å². The van der Waals surface area contributed by atoms with Crippen LogP contribution in [0.5, 0.6) is 5.75 Å². The van der Waals surface area contributed by atoms with Crippen molar-refractivity contribution in [1.82, 2.24) is 5.32 Å². The van der Waals surface area contributed by atoms with Crippen LogP contribution in [-0.2, 0) is 25.9 Å². The van der Waals surface area contributed by atoms with Gasteiger partial charge >= 0.3 is 6.18 Å². The number of hydrogen-bond acceptors (Lipinski definition) is 2. The van der Waals surface area contributed by atoms with Gasteiger partial charge in [-0.15, -0.1) is 0 Å². The van der Waals surface area contributed by atoms with Gasteiger partial charge in [0, 0.05) is 24.2 Å². The maximum atomic E-state index is 12.6. The van der Waals surface area contributed by atoms with Crippen LogP contribution in [0.3, 0.4) is 0 Å². The smallest absolute Gasteiger partial charge is 0.416 e. The molecule has 4 rings (SSSR count). The Bertz CT molecular complexity index is 1270. The zero-order valence-corrected chi connectivity index (χ0v) is 19.0. The van der Waals surface area contributed by atoms with E-state index in [4.69, 9.17) is 4.74 Å². The Labute approximate surface area is 203 Å². The van der Waals surface area contributed by atoms with E-state index in [0.717, 1.165) is 45.7 Å². The van der Waals surface area contributed by atoms with E-state index in [2.05, 4.69) is 17.2 Å². The Hall–Kier alpha value is -4.01. The molecule has 0 aliphatic carbocycles. The normalized spacial score (nSPS) is 10.9. The molecular formula is C30H24F3NO. The standard InChI is InChI=1S/C30H24F3NO/c31-30(32,33)28-16-12-26(13-17-28)21-34-20-25-10-8-23(9-11-25)6-7-24-14-18-29(19-15-24)35-22-27-4-2-1-3-5-27/h1-5,8-19,34H,20-22H2. The highest BCUT2D eigenvalue weighted by atomic mass is 19.4. The van der Waals surface area contributed by atoms with Gasteiger partial charge in [-0.1, -0.05) is 66.4 Å². The molecule has 5 heteroatoms. The van der Waals surface area contributed by atoms with Crippen LogP contribution in [0.2, 0.25) is 0 Å². The minimum absolute atomic E-state index is 0.491. The summed E-state index contributed by atoms with van der Waals surface area (Å²) >= 11 is 0. The molecule has 0 heterocycles. The zero-order valence-electron chi connectivity index (χ0n) is 19.0. The average Bonchev–Trinajstić information content (AvgIpc) is 2.88. The predicted octanol–water partition coefficient (Wildman–Crippen LogP) is 6.97. The van der Waals surface area contributed by atoms with Crippen LogP contribution < -0.4 is 10.1 Å². The topological polar surface area (TPSA) is 21.3 Å². The van der Waals surface area contributed by atoms with Crippen molar-refractivity contribution in [2.75, 3.05) is 0 Å². The second-order valence-electron chi connectivity index (χ2n) is 8.04. The predicted molar refractivity (Wildman–Crippen MR) is 132 cm³/mol. The third kappa shape index (κ3) is 7.49. The van der Waals surface area contributed by atoms with E-state index in [-0.39, 0.29) is 0 Å². The minimum Gasteiger partial charge on any atom is -0.489 e.